The van der Waals surface area contributed by atoms with Crippen LogP contribution in [0, 0.1) is 11.2 Å². The van der Waals surface area contributed by atoms with Gasteiger partial charge in [0, 0.05) is 6.54 Å². The first-order chi connectivity index (χ1) is 15.0. The summed E-state index contributed by atoms with van der Waals surface area (Å²) < 4.78 is 19.6. The fraction of sp³-hybridized carbons (Fsp3) is 0.500. The molecule has 0 aromatic heterocycles. The third kappa shape index (κ3) is 5.45. The monoisotopic (exact) mass is 424 g/mol. The quantitative estimate of drug-likeness (QED) is 0.759. The van der Waals surface area contributed by atoms with E-state index in [9.17, 15) is 9.18 Å². The van der Waals surface area contributed by atoms with Gasteiger partial charge in [-0.15, -0.1) is 0 Å². The molecule has 31 heavy (non-hydrogen) atoms. The number of nitrogens with one attached hydrogen (secondary N) is 1. The summed E-state index contributed by atoms with van der Waals surface area (Å²) >= 11 is 0. The van der Waals surface area contributed by atoms with Gasteiger partial charge < -0.3 is 10.1 Å². The van der Waals surface area contributed by atoms with Gasteiger partial charge in [-0.3, -0.25) is 9.69 Å². The summed E-state index contributed by atoms with van der Waals surface area (Å²) in [6.07, 6.45) is 5.67. The molecule has 4 rings (SSSR count). The molecule has 0 bridgehead atoms. The molecular weight excluding hydrogens is 391 g/mol. The highest BCUT2D eigenvalue weighted by Crippen LogP contribution is 2.38. The number of hydrogen-bond acceptors (Lipinski definition) is 3. The van der Waals surface area contributed by atoms with Gasteiger partial charge in [0.15, 0.2) is 0 Å². The molecule has 166 valence electrons. The number of aryl methyl sites for hydroxylation is 1. The predicted molar refractivity (Wildman–Crippen MR) is 120 cm³/mol. The third-order valence-corrected chi connectivity index (χ3v) is 6.78. The van der Waals surface area contributed by atoms with Gasteiger partial charge >= 0.3 is 0 Å². The standard InChI is InChI=1S/C26H33FN2O2/c1-20-19-31-24-11-3-2-8-22(24)9-4-5-12-26(25(30)28-20)13-15-29(16-14-26)18-21-7-6-10-23(27)17-21/h2-3,6-8,10-11,17,20H,4-5,9,12-16,18-19H2,1H3,(H,28,30)/t20-/m1/s1. The minimum atomic E-state index is -0.314. The van der Waals surface area contributed by atoms with Crippen molar-refractivity contribution < 1.29 is 13.9 Å². The highest BCUT2D eigenvalue weighted by Gasteiger charge is 2.41. The van der Waals surface area contributed by atoms with E-state index >= 15 is 0 Å². The summed E-state index contributed by atoms with van der Waals surface area (Å²) in [5, 5.41) is 3.23. The highest BCUT2D eigenvalue weighted by molar-refractivity contribution is 5.83. The number of likely N-dealkylation sites (tertiary alicyclic amines) is 1. The van der Waals surface area contributed by atoms with E-state index in [2.05, 4.69) is 22.3 Å². The van der Waals surface area contributed by atoms with Crippen LogP contribution in [0.5, 0.6) is 5.75 Å². The van der Waals surface area contributed by atoms with Gasteiger partial charge in [0.25, 0.3) is 0 Å². The van der Waals surface area contributed by atoms with Crippen molar-refractivity contribution in [3.05, 3.63) is 65.5 Å². The van der Waals surface area contributed by atoms with Gasteiger partial charge in [-0.05, 0) is 81.4 Å². The molecule has 2 aromatic carbocycles. The number of halogens is 1. The SMILES string of the molecule is C[C@@H]1COc2ccccc2CCCCC2(CCN(Cc3cccc(F)c3)CC2)C(=O)N1. The molecule has 2 aliphatic rings. The Morgan fingerprint density at radius 2 is 1.90 bits per heavy atom. The molecule has 1 spiro atoms. The number of para-hydroxylation sites is 1. The van der Waals surface area contributed by atoms with E-state index in [0.29, 0.717) is 6.61 Å². The van der Waals surface area contributed by atoms with Crippen molar-refractivity contribution in [3.8, 4) is 5.75 Å². The van der Waals surface area contributed by atoms with E-state index in [1.807, 2.05) is 25.1 Å². The highest BCUT2D eigenvalue weighted by atomic mass is 19.1. The molecule has 1 fully saturated rings. The molecule has 2 heterocycles. The maximum Gasteiger partial charge on any atom is 0.226 e. The first-order valence-corrected chi connectivity index (χ1v) is 11.5. The zero-order valence-electron chi connectivity index (χ0n) is 18.4. The van der Waals surface area contributed by atoms with Crippen molar-refractivity contribution in [2.24, 2.45) is 5.41 Å². The lowest BCUT2D eigenvalue weighted by Gasteiger charge is -2.41. The Balaban J connectivity index is 1.42. The van der Waals surface area contributed by atoms with Crippen LogP contribution >= 0.6 is 0 Å². The molecule has 2 aromatic rings. The van der Waals surface area contributed by atoms with Crippen molar-refractivity contribution >= 4 is 5.91 Å². The minimum absolute atomic E-state index is 0.0396. The summed E-state index contributed by atoms with van der Waals surface area (Å²) in [5.74, 6) is 0.912. The molecule has 1 amide bonds. The van der Waals surface area contributed by atoms with Crippen molar-refractivity contribution in [2.45, 2.75) is 58.0 Å². The number of benzene rings is 2. The van der Waals surface area contributed by atoms with E-state index < -0.39 is 0 Å². The summed E-state index contributed by atoms with van der Waals surface area (Å²) in [6, 6.07) is 15.0. The van der Waals surface area contributed by atoms with E-state index in [1.165, 1.54) is 11.6 Å². The van der Waals surface area contributed by atoms with Crippen LogP contribution in [0.4, 0.5) is 4.39 Å². The lowest BCUT2D eigenvalue weighted by Crippen LogP contribution is -2.51. The molecule has 0 aliphatic carbocycles. The zero-order valence-corrected chi connectivity index (χ0v) is 18.4. The molecule has 1 N–H and O–H groups in total. The predicted octanol–water partition coefficient (Wildman–Crippen LogP) is 4.72. The number of ether oxygens (including phenoxy) is 1. The molecular formula is C26H33FN2O2. The van der Waals surface area contributed by atoms with E-state index in [4.69, 9.17) is 4.74 Å². The molecule has 0 radical (unpaired) electrons. The van der Waals surface area contributed by atoms with Gasteiger partial charge in [-0.1, -0.05) is 36.8 Å². The Labute approximate surface area is 184 Å². The second-order valence-electron chi connectivity index (χ2n) is 9.19. The molecule has 1 atom stereocenters. The lowest BCUT2D eigenvalue weighted by atomic mass is 9.73. The van der Waals surface area contributed by atoms with Crippen molar-refractivity contribution in [2.75, 3.05) is 19.7 Å². The Hall–Kier alpha value is -2.40. The third-order valence-electron chi connectivity index (χ3n) is 6.78. The summed E-state index contributed by atoms with van der Waals surface area (Å²) in [6.45, 7) is 4.94. The Morgan fingerprint density at radius 3 is 2.71 bits per heavy atom. The summed E-state index contributed by atoms with van der Waals surface area (Å²) in [5.41, 5.74) is 1.93. The van der Waals surface area contributed by atoms with Gasteiger partial charge in [0.1, 0.15) is 18.2 Å². The molecule has 0 unspecified atom stereocenters. The number of piperidine rings is 1. The van der Waals surface area contributed by atoms with E-state index in [-0.39, 0.29) is 23.2 Å². The molecule has 4 nitrogen and oxygen atoms in total. The largest absolute Gasteiger partial charge is 0.491 e. The normalized spacial score (nSPS) is 22.5. The fourth-order valence-electron chi connectivity index (χ4n) is 4.89. The number of fused-ring (bicyclic) bond motifs is 1. The van der Waals surface area contributed by atoms with Gasteiger partial charge in [-0.25, -0.2) is 4.39 Å². The zero-order chi connectivity index (χ0) is 21.7. The van der Waals surface area contributed by atoms with E-state index in [0.717, 1.165) is 69.5 Å². The van der Waals surface area contributed by atoms with Crippen molar-refractivity contribution in [1.82, 2.24) is 10.2 Å². The Kier molecular flexibility index (Phi) is 6.91. The number of rotatable bonds is 2. The van der Waals surface area contributed by atoms with Crippen molar-refractivity contribution in [3.63, 3.8) is 0 Å². The topological polar surface area (TPSA) is 41.6 Å². The molecule has 1 saturated heterocycles. The van der Waals surface area contributed by atoms with Gasteiger partial charge in [0.2, 0.25) is 5.91 Å². The van der Waals surface area contributed by atoms with Crippen LogP contribution in [-0.4, -0.2) is 36.5 Å². The lowest BCUT2D eigenvalue weighted by molar-refractivity contribution is -0.135. The van der Waals surface area contributed by atoms with Gasteiger partial charge in [-0.2, -0.15) is 0 Å². The van der Waals surface area contributed by atoms with E-state index in [1.54, 1.807) is 12.1 Å². The maximum absolute atomic E-state index is 13.5. The summed E-state index contributed by atoms with van der Waals surface area (Å²) in [4.78, 5) is 15.7. The average Bonchev–Trinajstić information content (AvgIpc) is 2.76. The molecule has 5 heteroatoms. The number of carbonyl (C=O) groups is 1. The number of nitrogens with zero attached hydrogens (tertiary/aromatic N) is 1. The van der Waals surface area contributed by atoms with Crippen LogP contribution in [0.1, 0.15) is 50.2 Å². The second-order valence-corrected chi connectivity index (χ2v) is 9.19. The minimum Gasteiger partial charge on any atom is -0.491 e. The first kappa shape index (κ1) is 21.8. The van der Waals surface area contributed by atoms with Crippen LogP contribution in [0.2, 0.25) is 0 Å². The van der Waals surface area contributed by atoms with Crippen LogP contribution in [0.25, 0.3) is 0 Å². The second kappa shape index (κ2) is 9.82. The van der Waals surface area contributed by atoms with Crippen LogP contribution in [0.3, 0.4) is 0 Å². The van der Waals surface area contributed by atoms with Crippen LogP contribution in [-0.2, 0) is 17.8 Å². The number of carbonyl (C=O) groups excluding carboxylic acids is 1. The molecule has 0 saturated carbocycles. The number of amides is 1. The Bertz CT molecular complexity index is 892. The van der Waals surface area contributed by atoms with Gasteiger partial charge in [0.05, 0.1) is 11.5 Å². The summed E-state index contributed by atoms with van der Waals surface area (Å²) in [7, 11) is 0. The van der Waals surface area contributed by atoms with Crippen LogP contribution < -0.4 is 10.1 Å². The molecule has 2 aliphatic heterocycles. The Morgan fingerprint density at radius 1 is 1.10 bits per heavy atom. The smallest absolute Gasteiger partial charge is 0.226 e. The van der Waals surface area contributed by atoms with Crippen molar-refractivity contribution in [1.29, 1.82) is 0 Å². The van der Waals surface area contributed by atoms with Crippen LogP contribution in [0.15, 0.2) is 48.5 Å². The maximum atomic E-state index is 13.5. The first-order valence-electron chi connectivity index (χ1n) is 11.5. The average molecular weight is 425 g/mol. The number of hydrogen-bond donors (Lipinski definition) is 1. The fourth-order valence-corrected chi connectivity index (χ4v) is 4.89.